The van der Waals surface area contributed by atoms with E-state index in [1.54, 1.807) is 12.1 Å². The summed E-state index contributed by atoms with van der Waals surface area (Å²) in [5.41, 5.74) is 0.119. The van der Waals surface area contributed by atoms with Crippen molar-refractivity contribution < 1.29 is 19.4 Å². The van der Waals surface area contributed by atoms with Crippen LogP contribution in [0.5, 0.6) is 17.4 Å². The summed E-state index contributed by atoms with van der Waals surface area (Å²) < 4.78 is 10.6. The molecule has 0 aliphatic carbocycles. The molecule has 1 N–H and O–H groups in total. The van der Waals surface area contributed by atoms with Gasteiger partial charge in [0.2, 0.25) is 5.88 Å². The minimum absolute atomic E-state index is 0.119. The highest BCUT2D eigenvalue weighted by atomic mass is 35.5. The standard InChI is InChI=1S/C13H10ClNO4/c1-18-11-6-8(13(16)17)2-4-10(11)19-12-5-3-9(14)7-15-12/h2-7H,1H3,(H,16,17). The van der Waals surface area contributed by atoms with Crippen LogP contribution >= 0.6 is 11.6 Å². The number of carboxylic acids is 1. The summed E-state index contributed by atoms with van der Waals surface area (Å²) in [4.78, 5) is 14.8. The van der Waals surface area contributed by atoms with Crippen LogP contribution in [0.1, 0.15) is 10.4 Å². The Bertz CT molecular complexity index is 598. The van der Waals surface area contributed by atoms with Gasteiger partial charge in [-0.25, -0.2) is 9.78 Å². The molecule has 98 valence electrons. The molecule has 1 heterocycles. The van der Waals surface area contributed by atoms with Gasteiger partial charge in [0.25, 0.3) is 0 Å². The molecule has 0 saturated carbocycles. The highest BCUT2D eigenvalue weighted by molar-refractivity contribution is 6.30. The third-order valence-electron chi connectivity index (χ3n) is 2.33. The Hall–Kier alpha value is -2.27. The average molecular weight is 280 g/mol. The van der Waals surface area contributed by atoms with E-state index in [9.17, 15) is 4.79 Å². The molecular weight excluding hydrogens is 270 g/mol. The van der Waals surface area contributed by atoms with Gasteiger partial charge in [0, 0.05) is 12.3 Å². The molecule has 2 rings (SSSR count). The summed E-state index contributed by atoms with van der Waals surface area (Å²) in [6.45, 7) is 0. The molecule has 0 fully saturated rings. The van der Waals surface area contributed by atoms with Gasteiger partial charge in [-0.2, -0.15) is 0 Å². The van der Waals surface area contributed by atoms with Gasteiger partial charge in [0.15, 0.2) is 11.5 Å². The van der Waals surface area contributed by atoms with Crippen LogP contribution in [0, 0.1) is 0 Å². The first-order chi connectivity index (χ1) is 9.10. The lowest BCUT2D eigenvalue weighted by atomic mass is 10.2. The topological polar surface area (TPSA) is 68.7 Å². The molecule has 0 spiro atoms. The molecule has 0 amide bonds. The Balaban J connectivity index is 2.29. The van der Waals surface area contributed by atoms with Crippen LogP contribution in [0.3, 0.4) is 0 Å². The van der Waals surface area contributed by atoms with E-state index >= 15 is 0 Å². The number of carbonyl (C=O) groups is 1. The Morgan fingerprint density at radius 1 is 1.26 bits per heavy atom. The molecular formula is C13H10ClNO4. The van der Waals surface area contributed by atoms with Gasteiger partial charge in [-0.1, -0.05) is 11.6 Å². The van der Waals surface area contributed by atoms with Crippen molar-refractivity contribution in [2.75, 3.05) is 7.11 Å². The van der Waals surface area contributed by atoms with Gasteiger partial charge < -0.3 is 14.6 Å². The van der Waals surface area contributed by atoms with E-state index in [1.165, 1.54) is 31.5 Å². The first kappa shape index (κ1) is 13.2. The van der Waals surface area contributed by atoms with Crippen LogP contribution in [-0.4, -0.2) is 23.2 Å². The number of benzene rings is 1. The van der Waals surface area contributed by atoms with Crippen LogP contribution in [0.15, 0.2) is 36.5 Å². The number of hydrogen-bond acceptors (Lipinski definition) is 4. The molecule has 6 heteroatoms. The number of methoxy groups -OCH3 is 1. The zero-order valence-electron chi connectivity index (χ0n) is 9.96. The lowest BCUT2D eigenvalue weighted by Gasteiger charge is -2.10. The summed E-state index contributed by atoms with van der Waals surface area (Å²) >= 11 is 5.72. The molecule has 0 unspecified atom stereocenters. The largest absolute Gasteiger partial charge is 0.493 e. The molecule has 1 aromatic heterocycles. The first-order valence-corrected chi connectivity index (χ1v) is 5.68. The van der Waals surface area contributed by atoms with Gasteiger partial charge in [-0.05, 0) is 24.3 Å². The highest BCUT2D eigenvalue weighted by Gasteiger charge is 2.11. The number of aromatic nitrogens is 1. The van der Waals surface area contributed by atoms with Gasteiger partial charge in [0.1, 0.15) is 0 Å². The smallest absolute Gasteiger partial charge is 0.335 e. The Morgan fingerprint density at radius 3 is 2.63 bits per heavy atom. The molecule has 0 aliphatic heterocycles. The Kier molecular flexibility index (Phi) is 3.87. The molecule has 1 aromatic carbocycles. The number of hydrogen-bond donors (Lipinski definition) is 1. The summed E-state index contributed by atoms with van der Waals surface area (Å²) in [7, 11) is 1.43. The maximum atomic E-state index is 10.9. The predicted octanol–water partition coefficient (Wildman–Crippen LogP) is 3.23. The summed E-state index contributed by atoms with van der Waals surface area (Å²) in [6.07, 6.45) is 1.45. The third-order valence-corrected chi connectivity index (χ3v) is 2.55. The SMILES string of the molecule is COc1cc(C(=O)O)ccc1Oc1ccc(Cl)cn1. The summed E-state index contributed by atoms with van der Waals surface area (Å²) in [6, 6.07) is 7.57. The van der Waals surface area contributed by atoms with Crippen molar-refractivity contribution >= 4 is 17.6 Å². The second-order valence-electron chi connectivity index (χ2n) is 3.59. The van der Waals surface area contributed by atoms with E-state index in [0.29, 0.717) is 22.4 Å². The number of halogens is 1. The minimum atomic E-state index is -1.03. The summed E-state index contributed by atoms with van der Waals surface area (Å²) in [5.74, 6) is -0.000727. The van der Waals surface area contributed by atoms with E-state index in [0.717, 1.165) is 0 Å². The van der Waals surface area contributed by atoms with Crippen molar-refractivity contribution in [1.82, 2.24) is 4.98 Å². The molecule has 0 saturated heterocycles. The average Bonchev–Trinajstić information content (AvgIpc) is 2.41. The van der Waals surface area contributed by atoms with Crippen LogP contribution in [0.25, 0.3) is 0 Å². The zero-order chi connectivity index (χ0) is 13.8. The van der Waals surface area contributed by atoms with E-state index in [-0.39, 0.29) is 5.56 Å². The van der Waals surface area contributed by atoms with Gasteiger partial charge in [-0.15, -0.1) is 0 Å². The normalized spacial score (nSPS) is 10.0. The minimum Gasteiger partial charge on any atom is -0.493 e. The van der Waals surface area contributed by atoms with Gasteiger partial charge in [0.05, 0.1) is 17.7 Å². The van der Waals surface area contributed by atoms with Crippen molar-refractivity contribution in [1.29, 1.82) is 0 Å². The number of pyridine rings is 1. The van der Waals surface area contributed by atoms with Gasteiger partial charge in [-0.3, -0.25) is 0 Å². The monoisotopic (exact) mass is 279 g/mol. The van der Waals surface area contributed by atoms with Crippen molar-refractivity contribution in [3.63, 3.8) is 0 Å². The molecule has 19 heavy (non-hydrogen) atoms. The highest BCUT2D eigenvalue weighted by Crippen LogP contribution is 2.31. The van der Waals surface area contributed by atoms with E-state index in [1.807, 2.05) is 0 Å². The van der Waals surface area contributed by atoms with Crippen LogP contribution in [-0.2, 0) is 0 Å². The quantitative estimate of drug-likeness (QED) is 0.930. The lowest BCUT2D eigenvalue weighted by molar-refractivity contribution is 0.0696. The van der Waals surface area contributed by atoms with E-state index in [2.05, 4.69) is 4.98 Å². The second kappa shape index (κ2) is 5.58. The molecule has 0 radical (unpaired) electrons. The van der Waals surface area contributed by atoms with Crippen molar-refractivity contribution in [2.45, 2.75) is 0 Å². The van der Waals surface area contributed by atoms with Crippen LogP contribution in [0.2, 0.25) is 5.02 Å². The molecule has 0 aliphatic rings. The molecule has 0 atom stereocenters. The molecule has 5 nitrogen and oxygen atoms in total. The molecule has 2 aromatic rings. The number of nitrogens with zero attached hydrogens (tertiary/aromatic N) is 1. The Morgan fingerprint density at radius 2 is 2.05 bits per heavy atom. The summed E-state index contributed by atoms with van der Waals surface area (Å²) in [5, 5.41) is 9.39. The number of aromatic carboxylic acids is 1. The van der Waals surface area contributed by atoms with E-state index < -0.39 is 5.97 Å². The Labute approximate surface area is 114 Å². The van der Waals surface area contributed by atoms with Crippen LogP contribution in [0.4, 0.5) is 0 Å². The van der Waals surface area contributed by atoms with Crippen molar-refractivity contribution in [2.24, 2.45) is 0 Å². The first-order valence-electron chi connectivity index (χ1n) is 5.31. The maximum Gasteiger partial charge on any atom is 0.335 e. The molecule has 0 bridgehead atoms. The van der Waals surface area contributed by atoms with Crippen molar-refractivity contribution in [3.8, 4) is 17.4 Å². The third kappa shape index (κ3) is 3.14. The fourth-order valence-corrected chi connectivity index (χ4v) is 1.53. The van der Waals surface area contributed by atoms with E-state index in [4.69, 9.17) is 26.2 Å². The van der Waals surface area contributed by atoms with Gasteiger partial charge >= 0.3 is 5.97 Å². The maximum absolute atomic E-state index is 10.9. The lowest BCUT2D eigenvalue weighted by Crippen LogP contribution is -1.98. The predicted molar refractivity (Wildman–Crippen MR) is 69.3 cm³/mol. The zero-order valence-corrected chi connectivity index (χ0v) is 10.7. The van der Waals surface area contributed by atoms with Crippen LogP contribution < -0.4 is 9.47 Å². The van der Waals surface area contributed by atoms with Crippen molar-refractivity contribution in [3.05, 3.63) is 47.1 Å². The fourth-order valence-electron chi connectivity index (χ4n) is 1.42. The fraction of sp³-hybridized carbons (Fsp3) is 0.0769. The number of carboxylic acid groups (broad SMARTS) is 1. The second-order valence-corrected chi connectivity index (χ2v) is 4.02. The number of ether oxygens (including phenoxy) is 2. The number of rotatable bonds is 4.